The minimum Gasteiger partial charge on any atom is -0.394 e. The number of allylic oxidation sites excluding steroid dienone is 1. The fourth-order valence-electron chi connectivity index (χ4n) is 10.5. The highest BCUT2D eigenvalue weighted by molar-refractivity contribution is 5.76. The summed E-state index contributed by atoms with van der Waals surface area (Å²) in [7, 11) is 0. The summed E-state index contributed by atoms with van der Waals surface area (Å²) < 4.78 is 34.2. The molecule has 0 spiro atoms. The second-order valence-electron chi connectivity index (χ2n) is 22.2. The predicted molar refractivity (Wildman–Crippen MR) is 291 cm³/mol. The molecule has 19 nitrogen and oxygen atoms in total. The Hall–Kier alpha value is -1.47. The minimum atomic E-state index is -1.97. The van der Waals surface area contributed by atoms with Gasteiger partial charge in [0.25, 0.3) is 0 Å². The zero-order valence-corrected chi connectivity index (χ0v) is 47.2. The molecule has 0 aromatic heterocycles. The Bertz CT molecular complexity index is 1460. The summed E-state index contributed by atoms with van der Waals surface area (Å²) in [5, 5.41) is 120. The molecule has 1 amide bonds. The molecular formula is C58H109NO18. The van der Waals surface area contributed by atoms with E-state index in [2.05, 4.69) is 19.2 Å². The van der Waals surface area contributed by atoms with Gasteiger partial charge in [-0.15, -0.1) is 0 Å². The number of hydrogen-bond acceptors (Lipinski definition) is 18. The number of aliphatic hydroxyl groups excluding tert-OH is 11. The molecule has 0 aliphatic carbocycles. The first-order chi connectivity index (χ1) is 37.3. The Morgan fingerprint density at radius 1 is 0.455 bits per heavy atom. The summed E-state index contributed by atoms with van der Waals surface area (Å²) in [6.07, 6.45) is 15.2. The van der Waals surface area contributed by atoms with Gasteiger partial charge in [-0.2, -0.15) is 0 Å². The molecule has 3 saturated heterocycles. The highest BCUT2D eigenvalue weighted by Crippen LogP contribution is 2.33. The van der Waals surface area contributed by atoms with Gasteiger partial charge in [-0.25, -0.2) is 0 Å². The number of carbonyl (C=O) groups is 1. The van der Waals surface area contributed by atoms with Crippen LogP contribution in [0.4, 0.5) is 0 Å². The van der Waals surface area contributed by atoms with Gasteiger partial charge < -0.3 is 89.9 Å². The van der Waals surface area contributed by atoms with Gasteiger partial charge in [-0.05, 0) is 19.3 Å². The normalized spacial score (nSPS) is 30.7. The van der Waals surface area contributed by atoms with Crippen molar-refractivity contribution in [2.24, 2.45) is 0 Å². The van der Waals surface area contributed by atoms with Crippen LogP contribution in [0.1, 0.15) is 219 Å². The van der Waals surface area contributed by atoms with Crippen molar-refractivity contribution in [2.45, 2.75) is 324 Å². The van der Waals surface area contributed by atoms with E-state index >= 15 is 0 Å². The number of ether oxygens (including phenoxy) is 6. The van der Waals surface area contributed by atoms with Crippen molar-refractivity contribution in [3.05, 3.63) is 12.2 Å². The molecule has 3 heterocycles. The van der Waals surface area contributed by atoms with Crippen LogP contribution in [0, 0.1) is 0 Å². The molecule has 17 atom stereocenters. The quantitative estimate of drug-likeness (QED) is 0.0269. The van der Waals surface area contributed by atoms with Crippen molar-refractivity contribution in [3.8, 4) is 0 Å². The number of hydrogen-bond donors (Lipinski definition) is 12. The lowest BCUT2D eigenvalue weighted by Gasteiger charge is -2.48. The van der Waals surface area contributed by atoms with E-state index in [-0.39, 0.29) is 18.9 Å². The number of rotatable bonds is 45. The highest BCUT2D eigenvalue weighted by atomic mass is 16.8. The predicted octanol–water partition coefficient (Wildman–Crippen LogP) is 5.38. The minimum absolute atomic E-state index is 0.246. The molecule has 0 bridgehead atoms. The van der Waals surface area contributed by atoms with E-state index in [0.717, 1.165) is 44.9 Å². The van der Waals surface area contributed by atoms with Crippen molar-refractivity contribution >= 4 is 5.91 Å². The molecule has 3 aliphatic rings. The number of carbonyl (C=O) groups excluding carboxylic acids is 1. The van der Waals surface area contributed by atoms with E-state index in [0.29, 0.717) is 6.42 Å². The first-order valence-electron chi connectivity index (χ1n) is 30.4. The van der Waals surface area contributed by atoms with Gasteiger partial charge in [0.05, 0.1) is 38.6 Å². The van der Waals surface area contributed by atoms with Crippen LogP contribution in [0.25, 0.3) is 0 Å². The van der Waals surface area contributed by atoms with Crippen LogP contribution in [0.3, 0.4) is 0 Å². The molecule has 454 valence electrons. The second kappa shape index (κ2) is 42.4. The van der Waals surface area contributed by atoms with E-state index < -0.39 is 124 Å². The molecule has 0 saturated carbocycles. The topological polar surface area (TPSA) is 307 Å². The van der Waals surface area contributed by atoms with Gasteiger partial charge in [0, 0.05) is 6.42 Å². The van der Waals surface area contributed by atoms with Crippen LogP contribution in [0.2, 0.25) is 0 Å². The Morgan fingerprint density at radius 3 is 1.22 bits per heavy atom. The molecule has 17 unspecified atom stereocenters. The molecule has 19 heteroatoms. The fourth-order valence-corrected chi connectivity index (χ4v) is 10.5. The maximum Gasteiger partial charge on any atom is 0.220 e. The van der Waals surface area contributed by atoms with Crippen molar-refractivity contribution in [1.82, 2.24) is 5.32 Å². The van der Waals surface area contributed by atoms with Gasteiger partial charge in [-0.3, -0.25) is 4.79 Å². The molecule has 12 N–H and O–H groups in total. The van der Waals surface area contributed by atoms with E-state index in [1.807, 2.05) is 6.08 Å². The van der Waals surface area contributed by atoms with E-state index in [9.17, 15) is 61.0 Å². The van der Waals surface area contributed by atoms with Gasteiger partial charge in [0.1, 0.15) is 73.2 Å². The van der Waals surface area contributed by atoms with Crippen LogP contribution in [0.5, 0.6) is 0 Å². The molecule has 3 rings (SSSR count). The molecule has 0 radical (unpaired) electrons. The lowest BCUT2D eigenvalue weighted by Crippen LogP contribution is -2.66. The van der Waals surface area contributed by atoms with Crippen LogP contribution < -0.4 is 5.32 Å². The maximum atomic E-state index is 13.2. The van der Waals surface area contributed by atoms with Crippen LogP contribution >= 0.6 is 0 Å². The van der Waals surface area contributed by atoms with E-state index in [4.69, 9.17) is 28.4 Å². The molecule has 0 aromatic carbocycles. The third-order valence-electron chi connectivity index (χ3n) is 15.6. The van der Waals surface area contributed by atoms with Crippen LogP contribution in [-0.2, 0) is 33.2 Å². The van der Waals surface area contributed by atoms with Gasteiger partial charge in [0.15, 0.2) is 18.9 Å². The summed E-state index contributed by atoms with van der Waals surface area (Å²) in [5.74, 6) is -0.279. The standard InChI is InChI=1S/C58H109NO18/c1-3-5-7-9-11-13-14-15-16-17-18-19-20-21-22-23-24-25-26-27-28-29-31-33-35-42(63)41(59-46(64)36-34-32-30-12-10-8-6-4-2)40-72-56-52(70)49(67)54(44(38-61)74-56)77-58-53(71)50(68)55(45(39-62)75-58)76-57-51(69)48(66)47(65)43(37-60)73-57/h33,35,41-45,47-58,60-63,65-71H,3-32,34,36-40H2,1-2H3,(H,59,64)/b35-33+. The van der Waals surface area contributed by atoms with E-state index in [1.165, 1.54) is 148 Å². The number of aliphatic hydroxyl groups is 11. The van der Waals surface area contributed by atoms with Gasteiger partial charge in [0.2, 0.25) is 5.91 Å². The highest BCUT2D eigenvalue weighted by Gasteiger charge is 2.53. The number of unbranched alkanes of at least 4 members (excludes halogenated alkanes) is 29. The van der Waals surface area contributed by atoms with Gasteiger partial charge in [-0.1, -0.05) is 206 Å². The first kappa shape index (κ1) is 69.8. The third kappa shape index (κ3) is 26.5. The third-order valence-corrected chi connectivity index (χ3v) is 15.6. The molecule has 3 fully saturated rings. The fraction of sp³-hybridized carbons (Fsp3) is 0.948. The molecule has 3 aliphatic heterocycles. The number of nitrogens with one attached hydrogen (secondary N) is 1. The zero-order valence-electron chi connectivity index (χ0n) is 47.2. The summed E-state index contributed by atoms with van der Waals surface area (Å²) in [6.45, 7) is 1.69. The Labute approximate surface area is 461 Å². The van der Waals surface area contributed by atoms with E-state index in [1.54, 1.807) is 6.08 Å². The van der Waals surface area contributed by atoms with Gasteiger partial charge >= 0.3 is 0 Å². The Morgan fingerprint density at radius 2 is 0.805 bits per heavy atom. The van der Waals surface area contributed by atoms with Crippen molar-refractivity contribution in [3.63, 3.8) is 0 Å². The molecular weight excluding hydrogens is 999 g/mol. The monoisotopic (exact) mass is 1110 g/mol. The summed E-state index contributed by atoms with van der Waals surface area (Å²) in [4.78, 5) is 13.2. The zero-order chi connectivity index (χ0) is 56.2. The van der Waals surface area contributed by atoms with Crippen LogP contribution in [-0.4, -0.2) is 193 Å². The Kier molecular flexibility index (Phi) is 38.4. The second-order valence-corrected chi connectivity index (χ2v) is 22.2. The Balaban J connectivity index is 1.44. The number of amides is 1. The average molecular weight is 1110 g/mol. The SMILES string of the molecule is CCCCCCCCCCCCCCCCCCCCCCCC/C=C/C(O)C(COC1OC(CO)C(OC2OC(CO)C(OC3OC(CO)C(O)C(O)C3O)C(O)C2O)C(O)C1O)NC(=O)CCCCCCCCCC. The maximum absolute atomic E-state index is 13.2. The summed E-state index contributed by atoms with van der Waals surface area (Å²) in [6, 6.07) is -0.965. The first-order valence-corrected chi connectivity index (χ1v) is 30.4. The van der Waals surface area contributed by atoms with Crippen molar-refractivity contribution in [1.29, 1.82) is 0 Å². The molecule has 0 aromatic rings. The summed E-state index contributed by atoms with van der Waals surface area (Å²) in [5.41, 5.74) is 0. The lowest BCUT2D eigenvalue weighted by atomic mass is 9.96. The van der Waals surface area contributed by atoms with Crippen molar-refractivity contribution in [2.75, 3.05) is 26.4 Å². The average Bonchev–Trinajstić information content (AvgIpc) is 3.42. The van der Waals surface area contributed by atoms with Crippen molar-refractivity contribution < 1.29 is 89.4 Å². The summed E-state index contributed by atoms with van der Waals surface area (Å²) >= 11 is 0. The smallest absolute Gasteiger partial charge is 0.220 e. The van der Waals surface area contributed by atoms with Crippen LogP contribution in [0.15, 0.2) is 12.2 Å². The largest absolute Gasteiger partial charge is 0.394 e. The lowest BCUT2D eigenvalue weighted by molar-refractivity contribution is -0.379. The molecule has 77 heavy (non-hydrogen) atoms.